The summed E-state index contributed by atoms with van der Waals surface area (Å²) < 4.78 is 1.47. The zero-order valence-electron chi connectivity index (χ0n) is 21.9. The second-order valence-corrected chi connectivity index (χ2v) is 9.28. The SMILES string of the molecule is CCCCc1nc(C)n(-c2nnc(C)c(C)n2)c(=O)c1Cc1ccc(-c2ccccc2-c2nnn[nH]2)cc1. The molecule has 0 spiro atoms. The topological polar surface area (TPSA) is 128 Å². The summed E-state index contributed by atoms with van der Waals surface area (Å²) in [4.78, 5) is 23.2. The zero-order valence-corrected chi connectivity index (χ0v) is 21.9. The summed E-state index contributed by atoms with van der Waals surface area (Å²) in [6.07, 6.45) is 3.17. The summed E-state index contributed by atoms with van der Waals surface area (Å²) in [7, 11) is 0. The smallest absolute Gasteiger partial charge is 0.264 e. The number of aromatic nitrogens is 9. The lowest BCUT2D eigenvalue weighted by molar-refractivity contribution is 0.707. The van der Waals surface area contributed by atoms with E-state index in [0.717, 1.165) is 58.6 Å². The van der Waals surface area contributed by atoms with Crippen molar-refractivity contribution >= 4 is 0 Å². The van der Waals surface area contributed by atoms with Gasteiger partial charge in [-0.3, -0.25) is 4.79 Å². The van der Waals surface area contributed by atoms with Gasteiger partial charge >= 0.3 is 0 Å². The molecule has 0 fully saturated rings. The maximum atomic E-state index is 13.8. The Balaban J connectivity index is 1.53. The molecule has 5 aromatic rings. The van der Waals surface area contributed by atoms with E-state index >= 15 is 0 Å². The van der Waals surface area contributed by atoms with Crippen LogP contribution in [0.1, 0.15) is 53.8 Å². The molecule has 0 radical (unpaired) electrons. The van der Waals surface area contributed by atoms with E-state index in [4.69, 9.17) is 4.98 Å². The lowest BCUT2D eigenvalue weighted by Crippen LogP contribution is -2.30. The second-order valence-electron chi connectivity index (χ2n) is 9.28. The number of aryl methyl sites for hydroxylation is 4. The number of benzene rings is 2. The fraction of sp³-hybridized carbons (Fsp3) is 0.286. The highest BCUT2D eigenvalue weighted by Crippen LogP contribution is 2.30. The second kappa shape index (κ2) is 10.8. The predicted molar refractivity (Wildman–Crippen MR) is 144 cm³/mol. The van der Waals surface area contributed by atoms with E-state index in [1.54, 1.807) is 0 Å². The van der Waals surface area contributed by atoms with E-state index in [2.05, 4.69) is 54.9 Å². The standard InChI is InChI=1S/C28H29N9O/c1-5-6-11-25-24(27(38)37(19(4)30-25)28-29-17(2)18(3)31-34-28)16-20-12-14-21(15-13-20)22-9-7-8-10-23(22)26-32-35-36-33-26/h7-10,12-15H,5-6,11,16H2,1-4H3,(H,32,33,35,36). The van der Waals surface area contributed by atoms with E-state index in [1.165, 1.54) is 4.57 Å². The largest absolute Gasteiger partial charge is 0.268 e. The van der Waals surface area contributed by atoms with Gasteiger partial charge in [0.2, 0.25) is 0 Å². The number of hydrogen-bond acceptors (Lipinski definition) is 8. The Hall–Kier alpha value is -4.60. The Bertz CT molecular complexity index is 1620. The van der Waals surface area contributed by atoms with E-state index in [0.29, 0.717) is 23.6 Å². The van der Waals surface area contributed by atoms with Gasteiger partial charge < -0.3 is 0 Å². The molecular weight excluding hydrogens is 478 g/mol. The molecule has 192 valence electrons. The van der Waals surface area contributed by atoms with Crippen LogP contribution >= 0.6 is 0 Å². The van der Waals surface area contributed by atoms with E-state index in [1.807, 2.05) is 57.2 Å². The highest BCUT2D eigenvalue weighted by atomic mass is 16.1. The van der Waals surface area contributed by atoms with Gasteiger partial charge in [0, 0.05) is 17.5 Å². The molecule has 0 bridgehead atoms. The minimum Gasteiger partial charge on any atom is -0.268 e. The first-order valence-corrected chi connectivity index (χ1v) is 12.7. The van der Waals surface area contributed by atoms with Crippen molar-refractivity contribution in [1.82, 2.24) is 45.4 Å². The first-order valence-electron chi connectivity index (χ1n) is 12.7. The molecule has 0 atom stereocenters. The van der Waals surface area contributed by atoms with Gasteiger partial charge in [0.25, 0.3) is 11.5 Å². The Labute approximate surface area is 220 Å². The molecule has 0 unspecified atom stereocenters. The molecule has 0 amide bonds. The molecule has 0 aliphatic carbocycles. The van der Waals surface area contributed by atoms with Crippen molar-refractivity contribution in [2.24, 2.45) is 0 Å². The molecule has 5 rings (SSSR count). The molecule has 0 saturated heterocycles. The number of nitrogens with zero attached hydrogens (tertiary/aromatic N) is 8. The van der Waals surface area contributed by atoms with Gasteiger partial charge in [0.05, 0.1) is 17.1 Å². The summed E-state index contributed by atoms with van der Waals surface area (Å²) >= 11 is 0. The van der Waals surface area contributed by atoms with Gasteiger partial charge in [0.15, 0.2) is 5.82 Å². The first-order chi connectivity index (χ1) is 18.5. The number of tetrazole rings is 1. The van der Waals surface area contributed by atoms with Crippen molar-refractivity contribution in [1.29, 1.82) is 0 Å². The van der Waals surface area contributed by atoms with Crippen molar-refractivity contribution in [3.05, 3.63) is 92.9 Å². The maximum Gasteiger partial charge on any atom is 0.264 e. The van der Waals surface area contributed by atoms with Crippen LogP contribution in [0.4, 0.5) is 0 Å². The van der Waals surface area contributed by atoms with Gasteiger partial charge in [-0.1, -0.05) is 61.9 Å². The third-order valence-electron chi connectivity index (χ3n) is 6.65. The highest BCUT2D eigenvalue weighted by Gasteiger charge is 2.19. The van der Waals surface area contributed by atoms with Crippen LogP contribution in [0.15, 0.2) is 53.3 Å². The lowest BCUT2D eigenvalue weighted by atomic mass is 9.96. The zero-order chi connectivity index (χ0) is 26.6. The minimum atomic E-state index is -0.152. The number of H-pyrrole nitrogens is 1. The fourth-order valence-corrected chi connectivity index (χ4v) is 4.44. The quantitative estimate of drug-likeness (QED) is 0.332. The van der Waals surface area contributed by atoms with E-state index in [-0.39, 0.29) is 11.5 Å². The van der Waals surface area contributed by atoms with Gasteiger partial charge in [-0.25, -0.2) is 19.6 Å². The van der Waals surface area contributed by atoms with Crippen LogP contribution in [-0.2, 0) is 12.8 Å². The summed E-state index contributed by atoms with van der Waals surface area (Å²) in [6, 6.07) is 16.2. The van der Waals surface area contributed by atoms with E-state index < -0.39 is 0 Å². The Morgan fingerprint density at radius 3 is 2.32 bits per heavy atom. The Morgan fingerprint density at radius 2 is 1.63 bits per heavy atom. The third-order valence-corrected chi connectivity index (χ3v) is 6.65. The summed E-state index contributed by atoms with van der Waals surface area (Å²) in [5, 5.41) is 22.7. The minimum absolute atomic E-state index is 0.152. The Morgan fingerprint density at radius 1 is 0.868 bits per heavy atom. The van der Waals surface area contributed by atoms with Crippen molar-refractivity contribution in [3.63, 3.8) is 0 Å². The number of nitrogens with one attached hydrogen (secondary N) is 1. The number of aromatic amines is 1. The highest BCUT2D eigenvalue weighted by molar-refractivity contribution is 5.80. The molecule has 1 N–H and O–H groups in total. The Kier molecular flexibility index (Phi) is 7.12. The van der Waals surface area contributed by atoms with Crippen LogP contribution in [0, 0.1) is 20.8 Å². The average molecular weight is 508 g/mol. The lowest BCUT2D eigenvalue weighted by Gasteiger charge is -2.15. The van der Waals surface area contributed by atoms with Crippen molar-refractivity contribution in [2.45, 2.75) is 53.4 Å². The molecule has 2 aromatic carbocycles. The van der Waals surface area contributed by atoms with Gasteiger partial charge in [-0.2, -0.15) is 5.10 Å². The first kappa shape index (κ1) is 25.1. The van der Waals surface area contributed by atoms with Crippen LogP contribution in [-0.4, -0.2) is 45.4 Å². The molecule has 0 saturated carbocycles. The summed E-state index contributed by atoms with van der Waals surface area (Å²) in [6.45, 7) is 7.65. The normalized spacial score (nSPS) is 11.2. The van der Waals surface area contributed by atoms with Crippen LogP contribution in [0.2, 0.25) is 0 Å². The number of rotatable bonds is 8. The van der Waals surface area contributed by atoms with Crippen molar-refractivity contribution in [2.75, 3.05) is 0 Å². The average Bonchev–Trinajstić information content (AvgIpc) is 3.47. The molecular formula is C28H29N9O. The van der Waals surface area contributed by atoms with Crippen LogP contribution in [0.25, 0.3) is 28.5 Å². The van der Waals surface area contributed by atoms with Crippen LogP contribution in [0.5, 0.6) is 0 Å². The fourth-order valence-electron chi connectivity index (χ4n) is 4.44. The van der Waals surface area contributed by atoms with Crippen molar-refractivity contribution in [3.8, 4) is 28.5 Å². The molecule has 10 heteroatoms. The maximum absolute atomic E-state index is 13.8. The number of unbranched alkanes of at least 4 members (excludes halogenated alkanes) is 1. The molecule has 0 aliphatic heterocycles. The van der Waals surface area contributed by atoms with Gasteiger partial charge in [0.1, 0.15) is 5.82 Å². The molecule has 10 nitrogen and oxygen atoms in total. The van der Waals surface area contributed by atoms with Gasteiger partial charge in [-0.05, 0) is 60.7 Å². The summed E-state index contributed by atoms with van der Waals surface area (Å²) in [5.41, 5.74) is 6.77. The number of hydrogen-bond donors (Lipinski definition) is 1. The molecule has 38 heavy (non-hydrogen) atoms. The van der Waals surface area contributed by atoms with Gasteiger partial charge in [-0.15, -0.1) is 10.2 Å². The molecule has 3 aromatic heterocycles. The van der Waals surface area contributed by atoms with Crippen LogP contribution < -0.4 is 5.56 Å². The van der Waals surface area contributed by atoms with Crippen LogP contribution in [0.3, 0.4) is 0 Å². The van der Waals surface area contributed by atoms with E-state index in [9.17, 15) is 4.79 Å². The molecule has 0 aliphatic rings. The predicted octanol–water partition coefficient (Wildman–Crippen LogP) is 4.12. The third kappa shape index (κ3) is 4.97. The molecule has 3 heterocycles. The summed E-state index contributed by atoms with van der Waals surface area (Å²) in [5.74, 6) is 1.42. The van der Waals surface area contributed by atoms with Crippen molar-refractivity contribution < 1.29 is 0 Å². The monoisotopic (exact) mass is 507 g/mol.